The maximum Gasteiger partial charge on any atom is 0.413 e. The summed E-state index contributed by atoms with van der Waals surface area (Å²) in [5.41, 5.74) is -1.07. The van der Waals surface area contributed by atoms with Crippen LogP contribution in [0.15, 0.2) is 23.3 Å². The van der Waals surface area contributed by atoms with Gasteiger partial charge in [-0.15, -0.1) is 0 Å². The van der Waals surface area contributed by atoms with E-state index in [-0.39, 0.29) is 17.3 Å². The maximum atomic E-state index is 12.5. The van der Waals surface area contributed by atoms with Gasteiger partial charge < -0.3 is 5.11 Å². The van der Waals surface area contributed by atoms with Gasteiger partial charge in [0.25, 0.3) is 0 Å². The quantitative estimate of drug-likeness (QED) is 0.792. The number of allylic oxidation sites excluding steroid dienone is 2. The average Bonchev–Trinajstić information content (AvgIpc) is 2.15. The van der Waals surface area contributed by atoms with Crippen molar-refractivity contribution in [2.75, 3.05) is 5.33 Å². The highest BCUT2D eigenvalue weighted by atomic mass is 79.9. The van der Waals surface area contributed by atoms with Crippen LogP contribution in [0.2, 0.25) is 0 Å². The molecule has 0 aromatic rings. The maximum absolute atomic E-state index is 12.5. The summed E-state index contributed by atoms with van der Waals surface area (Å²) < 4.78 is 37.5. The normalized spacial score (nSPS) is 22.0. The van der Waals surface area contributed by atoms with E-state index in [0.29, 0.717) is 6.08 Å². The summed E-state index contributed by atoms with van der Waals surface area (Å²) >= 11 is 2.98. The molecule has 0 radical (unpaired) electrons. The zero-order valence-corrected chi connectivity index (χ0v) is 9.10. The van der Waals surface area contributed by atoms with E-state index in [1.165, 1.54) is 6.08 Å². The van der Waals surface area contributed by atoms with Gasteiger partial charge in [0.15, 0.2) is 0 Å². The summed E-state index contributed by atoms with van der Waals surface area (Å²) in [4.78, 5) is 10.5. The van der Waals surface area contributed by atoms with Crippen LogP contribution in [0.25, 0.3) is 0 Å². The van der Waals surface area contributed by atoms with E-state index in [2.05, 4.69) is 15.9 Å². The van der Waals surface area contributed by atoms with Crippen LogP contribution in [0.3, 0.4) is 0 Å². The highest BCUT2D eigenvalue weighted by Gasteiger charge is 2.39. The topological polar surface area (TPSA) is 37.3 Å². The van der Waals surface area contributed by atoms with Crippen LogP contribution >= 0.6 is 15.9 Å². The van der Waals surface area contributed by atoms with Crippen LogP contribution in [0.5, 0.6) is 0 Å². The second kappa shape index (κ2) is 4.38. The van der Waals surface area contributed by atoms with Crippen LogP contribution < -0.4 is 0 Å². The lowest BCUT2D eigenvalue weighted by molar-refractivity contribution is -0.132. The van der Waals surface area contributed by atoms with Gasteiger partial charge in [-0.05, 0) is 12.5 Å². The van der Waals surface area contributed by atoms with Gasteiger partial charge in [0.2, 0.25) is 0 Å². The number of carboxylic acid groups (broad SMARTS) is 1. The van der Waals surface area contributed by atoms with Crippen molar-refractivity contribution in [3.05, 3.63) is 23.3 Å². The highest BCUT2D eigenvalue weighted by molar-refractivity contribution is 9.09. The third-order valence-corrected chi connectivity index (χ3v) is 2.92. The summed E-state index contributed by atoms with van der Waals surface area (Å²) in [6.45, 7) is 0. The standard InChI is InChI=1S/C9H8BrF3O2/c10-4-6-2-1-5(8(14)15)3-7(6)9(11,12)13/h1,3,6H,2,4H2,(H,14,15). The number of rotatable bonds is 2. The van der Waals surface area contributed by atoms with Crippen molar-refractivity contribution < 1.29 is 23.1 Å². The van der Waals surface area contributed by atoms with Gasteiger partial charge in [-0.1, -0.05) is 22.0 Å². The molecule has 15 heavy (non-hydrogen) atoms. The minimum absolute atomic E-state index is 0.0955. The van der Waals surface area contributed by atoms with E-state index in [1.807, 2.05) is 0 Å². The molecule has 0 saturated heterocycles. The molecular weight excluding hydrogens is 277 g/mol. The molecule has 1 atom stereocenters. The molecule has 0 aromatic heterocycles. The van der Waals surface area contributed by atoms with Crippen LogP contribution in [-0.2, 0) is 4.79 Å². The minimum Gasteiger partial charge on any atom is -0.478 e. The van der Waals surface area contributed by atoms with Gasteiger partial charge in [-0.2, -0.15) is 13.2 Å². The molecule has 84 valence electrons. The fraction of sp³-hybridized carbons (Fsp3) is 0.444. The lowest BCUT2D eigenvalue weighted by Gasteiger charge is -2.22. The average molecular weight is 285 g/mol. The Morgan fingerprint density at radius 1 is 1.60 bits per heavy atom. The number of hydrogen-bond acceptors (Lipinski definition) is 1. The molecule has 1 rings (SSSR count). The fourth-order valence-electron chi connectivity index (χ4n) is 1.35. The predicted octanol–water partition coefficient (Wildman–Crippen LogP) is 2.90. The molecule has 1 N–H and O–H groups in total. The second-order valence-electron chi connectivity index (χ2n) is 3.15. The van der Waals surface area contributed by atoms with Gasteiger partial charge in [0.1, 0.15) is 0 Å². The predicted molar refractivity (Wildman–Crippen MR) is 51.8 cm³/mol. The van der Waals surface area contributed by atoms with Crippen molar-refractivity contribution in [2.24, 2.45) is 5.92 Å². The molecule has 0 spiro atoms. The Morgan fingerprint density at radius 2 is 2.20 bits per heavy atom. The lowest BCUT2D eigenvalue weighted by atomic mass is 9.89. The van der Waals surface area contributed by atoms with E-state index in [9.17, 15) is 18.0 Å². The van der Waals surface area contributed by atoms with Crippen molar-refractivity contribution in [3.8, 4) is 0 Å². The number of alkyl halides is 4. The molecule has 0 saturated carbocycles. The van der Waals surface area contributed by atoms with Crippen molar-refractivity contribution in [1.82, 2.24) is 0 Å². The SMILES string of the molecule is O=C(O)C1=CCC(CBr)C(C(F)(F)F)=C1. The molecule has 0 bridgehead atoms. The Hall–Kier alpha value is -0.780. The van der Waals surface area contributed by atoms with E-state index >= 15 is 0 Å². The van der Waals surface area contributed by atoms with Gasteiger partial charge in [-0.3, -0.25) is 0 Å². The number of carbonyl (C=O) groups is 1. The Kier molecular flexibility index (Phi) is 3.59. The van der Waals surface area contributed by atoms with Crippen molar-refractivity contribution >= 4 is 21.9 Å². The summed E-state index contributed by atoms with van der Waals surface area (Å²) in [6.07, 6.45) is -2.35. The smallest absolute Gasteiger partial charge is 0.413 e. The van der Waals surface area contributed by atoms with Crippen molar-refractivity contribution in [2.45, 2.75) is 12.6 Å². The van der Waals surface area contributed by atoms with Crippen LogP contribution in [0.1, 0.15) is 6.42 Å². The Balaban J connectivity index is 3.05. The van der Waals surface area contributed by atoms with E-state index < -0.39 is 23.6 Å². The molecule has 2 nitrogen and oxygen atoms in total. The van der Waals surface area contributed by atoms with Gasteiger partial charge in [0, 0.05) is 16.8 Å². The van der Waals surface area contributed by atoms with Gasteiger partial charge in [0.05, 0.1) is 5.57 Å². The van der Waals surface area contributed by atoms with Crippen molar-refractivity contribution in [3.63, 3.8) is 0 Å². The molecule has 6 heteroatoms. The molecule has 1 aliphatic carbocycles. The third kappa shape index (κ3) is 2.84. The summed E-state index contributed by atoms with van der Waals surface area (Å²) in [5.74, 6) is -2.03. The number of carboxylic acids is 1. The first-order chi connectivity index (χ1) is 6.86. The highest BCUT2D eigenvalue weighted by Crippen LogP contribution is 2.37. The second-order valence-corrected chi connectivity index (χ2v) is 3.80. The molecule has 0 fully saturated rings. The first-order valence-electron chi connectivity index (χ1n) is 4.14. The Bertz CT molecular complexity index is 331. The minimum atomic E-state index is -4.46. The van der Waals surface area contributed by atoms with E-state index in [4.69, 9.17) is 5.11 Å². The molecule has 0 aliphatic heterocycles. The Morgan fingerprint density at radius 3 is 2.60 bits per heavy atom. The largest absolute Gasteiger partial charge is 0.478 e. The first-order valence-corrected chi connectivity index (χ1v) is 5.26. The van der Waals surface area contributed by atoms with Gasteiger partial charge in [-0.25, -0.2) is 4.79 Å². The molecular formula is C9H8BrF3O2. The summed E-state index contributed by atoms with van der Waals surface area (Å²) in [6, 6.07) is 0. The molecule has 0 aromatic carbocycles. The first kappa shape index (κ1) is 12.3. The number of halogens is 4. The lowest BCUT2D eigenvalue weighted by Crippen LogP contribution is -2.24. The third-order valence-electron chi connectivity index (χ3n) is 2.13. The molecule has 1 aliphatic rings. The zero-order valence-electron chi connectivity index (χ0n) is 7.51. The Labute approximate surface area is 92.6 Å². The molecule has 0 amide bonds. The van der Waals surface area contributed by atoms with Crippen LogP contribution in [0.4, 0.5) is 13.2 Å². The number of hydrogen-bond donors (Lipinski definition) is 1. The molecule has 0 heterocycles. The van der Waals surface area contributed by atoms with E-state index in [0.717, 1.165) is 0 Å². The molecule has 1 unspecified atom stereocenters. The van der Waals surface area contributed by atoms with Crippen LogP contribution in [0, 0.1) is 5.92 Å². The monoisotopic (exact) mass is 284 g/mol. The zero-order chi connectivity index (χ0) is 11.6. The summed E-state index contributed by atoms with van der Waals surface area (Å²) in [7, 11) is 0. The van der Waals surface area contributed by atoms with Crippen molar-refractivity contribution in [1.29, 1.82) is 0 Å². The van der Waals surface area contributed by atoms with E-state index in [1.54, 1.807) is 0 Å². The number of aliphatic carboxylic acids is 1. The fourth-order valence-corrected chi connectivity index (χ4v) is 1.96. The van der Waals surface area contributed by atoms with Gasteiger partial charge >= 0.3 is 12.1 Å². The summed E-state index contributed by atoms with van der Waals surface area (Å²) in [5, 5.41) is 8.76. The van der Waals surface area contributed by atoms with Crippen LogP contribution in [-0.4, -0.2) is 22.6 Å².